The van der Waals surface area contributed by atoms with E-state index >= 15 is 0 Å². The lowest BCUT2D eigenvalue weighted by Gasteiger charge is -2.23. The van der Waals surface area contributed by atoms with Crippen molar-refractivity contribution in [3.05, 3.63) is 0 Å². The van der Waals surface area contributed by atoms with E-state index in [1.807, 2.05) is 0 Å². The predicted octanol–water partition coefficient (Wildman–Crippen LogP) is -3.26. The average Bonchev–Trinajstić information content (AvgIpc) is 2.21. The summed E-state index contributed by atoms with van der Waals surface area (Å²) in [7, 11) is -4.80. The second-order valence-corrected chi connectivity index (χ2v) is 4.20. The lowest BCUT2D eigenvalue weighted by Crippen LogP contribution is -2.46. The average molecular weight is 262 g/mol. The molecule has 0 unspecified atom stereocenters. The number of rotatable bonds is 7. The third-order valence-corrected chi connectivity index (χ3v) is 2.13. The Hall–Kier alpha value is -0.380. The maximum atomic E-state index is 10.2. The normalized spacial score (nSPS) is 19.9. The second kappa shape index (κ2) is 6.38. The van der Waals surface area contributed by atoms with Crippen LogP contribution in [-0.2, 0) is 13.9 Å². The van der Waals surface area contributed by atoms with E-state index in [1.165, 1.54) is 0 Å². The molecular weight excluding hydrogens is 249 g/mol. The van der Waals surface area contributed by atoms with Crippen LogP contribution in [0.1, 0.15) is 0 Å². The Kier molecular flexibility index (Phi) is 6.23. The van der Waals surface area contributed by atoms with E-state index in [-0.39, 0.29) is 6.29 Å². The highest BCUT2D eigenvalue weighted by Crippen LogP contribution is 2.35. The molecular formula is C6H13O9P. The van der Waals surface area contributed by atoms with Crippen LogP contribution in [0.3, 0.4) is 0 Å². The number of aliphatic hydroxyl groups is 4. The zero-order valence-corrected chi connectivity index (χ0v) is 8.84. The highest BCUT2D eigenvalue weighted by Gasteiger charge is 2.31. The molecule has 0 heterocycles. The summed E-state index contributed by atoms with van der Waals surface area (Å²) in [6, 6.07) is 0. The van der Waals surface area contributed by atoms with E-state index in [4.69, 9.17) is 30.2 Å². The zero-order valence-electron chi connectivity index (χ0n) is 7.95. The van der Waals surface area contributed by atoms with Crippen LogP contribution < -0.4 is 0 Å². The summed E-state index contributed by atoms with van der Waals surface area (Å²) >= 11 is 0. The van der Waals surface area contributed by atoms with Gasteiger partial charge in [0.2, 0.25) is 0 Å². The van der Waals surface area contributed by atoms with Crippen molar-refractivity contribution >= 4 is 14.1 Å². The van der Waals surface area contributed by atoms with E-state index < -0.39 is 38.8 Å². The summed E-state index contributed by atoms with van der Waals surface area (Å²) in [5.41, 5.74) is 0. The van der Waals surface area contributed by atoms with Gasteiger partial charge in [0.25, 0.3) is 0 Å². The van der Waals surface area contributed by atoms with Crippen LogP contribution in [0.4, 0.5) is 0 Å². The molecule has 96 valence electrons. The van der Waals surface area contributed by atoms with Crippen molar-refractivity contribution in [1.82, 2.24) is 0 Å². The lowest BCUT2D eigenvalue weighted by molar-refractivity contribution is -0.136. The monoisotopic (exact) mass is 262 g/mol. The van der Waals surface area contributed by atoms with Gasteiger partial charge in [-0.15, -0.1) is 0 Å². The van der Waals surface area contributed by atoms with Gasteiger partial charge in [-0.25, -0.2) is 4.57 Å². The summed E-state index contributed by atoms with van der Waals surface area (Å²) < 4.78 is 14.1. The van der Waals surface area contributed by atoms with Crippen LogP contribution >= 0.6 is 7.82 Å². The van der Waals surface area contributed by atoms with Crippen LogP contribution in [0.2, 0.25) is 0 Å². The third kappa shape index (κ3) is 5.64. The number of aldehydes is 1. The van der Waals surface area contributed by atoms with Gasteiger partial charge in [0.05, 0.1) is 6.61 Å². The van der Waals surface area contributed by atoms with Gasteiger partial charge >= 0.3 is 7.82 Å². The zero-order chi connectivity index (χ0) is 12.9. The van der Waals surface area contributed by atoms with Crippen molar-refractivity contribution in [1.29, 1.82) is 0 Å². The van der Waals surface area contributed by atoms with E-state index in [0.29, 0.717) is 0 Å². The first-order chi connectivity index (χ1) is 7.19. The lowest BCUT2D eigenvalue weighted by atomic mass is 10.1. The van der Waals surface area contributed by atoms with Crippen molar-refractivity contribution in [3.8, 4) is 0 Å². The van der Waals surface area contributed by atoms with Crippen LogP contribution in [0, 0.1) is 0 Å². The molecule has 0 amide bonds. The molecule has 0 fully saturated rings. The van der Waals surface area contributed by atoms with Crippen LogP contribution in [0.25, 0.3) is 0 Å². The van der Waals surface area contributed by atoms with Crippen LogP contribution in [0.5, 0.6) is 0 Å². The summed E-state index contributed by atoms with van der Waals surface area (Å²) in [4.78, 5) is 26.6. The molecule has 0 aromatic carbocycles. The van der Waals surface area contributed by atoms with Gasteiger partial charge in [0, 0.05) is 0 Å². The molecule has 16 heavy (non-hydrogen) atoms. The number of hydrogen-bond acceptors (Lipinski definition) is 7. The maximum absolute atomic E-state index is 10.2. The summed E-state index contributed by atoms with van der Waals surface area (Å²) in [6.07, 6.45) is -7.80. The molecule has 0 radical (unpaired) electrons. The SMILES string of the molecule is O=[14CH][C@H](O)[C@@H](O)[C@H](O)[C@H](O)COP(=O)(O)O. The molecule has 9 nitrogen and oxygen atoms in total. The maximum Gasteiger partial charge on any atom is 0.469 e. The minimum atomic E-state index is -4.80. The quantitative estimate of drug-likeness (QED) is 0.204. The molecule has 0 aromatic rings. The smallest absolute Gasteiger partial charge is 0.388 e. The fourth-order valence-corrected chi connectivity index (χ4v) is 1.13. The molecule has 4 atom stereocenters. The number of aliphatic hydroxyl groups excluding tert-OH is 4. The highest BCUT2D eigenvalue weighted by molar-refractivity contribution is 7.46. The van der Waals surface area contributed by atoms with Crippen LogP contribution in [-0.4, -0.2) is 67.5 Å². The fraction of sp³-hybridized carbons (Fsp3) is 0.833. The third-order valence-electron chi connectivity index (χ3n) is 1.65. The van der Waals surface area contributed by atoms with Gasteiger partial charge in [-0.2, -0.15) is 0 Å². The Morgan fingerprint density at radius 2 is 1.62 bits per heavy atom. The summed E-state index contributed by atoms with van der Waals surface area (Å²) in [5.74, 6) is 0. The van der Waals surface area contributed by atoms with Gasteiger partial charge in [-0.1, -0.05) is 0 Å². The van der Waals surface area contributed by atoms with Gasteiger partial charge in [-0.05, 0) is 0 Å². The molecule has 0 rings (SSSR count). The molecule has 0 aromatic heterocycles. The molecule has 10 heteroatoms. The minimum Gasteiger partial charge on any atom is -0.388 e. The van der Waals surface area contributed by atoms with Crippen molar-refractivity contribution < 1.29 is 44.1 Å². The number of carbonyl (C=O) groups is 1. The first-order valence-electron chi connectivity index (χ1n) is 4.06. The molecule has 0 saturated carbocycles. The van der Waals surface area contributed by atoms with Crippen molar-refractivity contribution in [3.63, 3.8) is 0 Å². The second-order valence-electron chi connectivity index (χ2n) is 2.96. The summed E-state index contributed by atoms with van der Waals surface area (Å²) in [5, 5.41) is 36.1. The highest BCUT2D eigenvalue weighted by atomic mass is 31.2. The Labute approximate surface area is 90.2 Å². The Balaban J connectivity index is 4.22. The van der Waals surface area contributed by atoms with E-state index in [2.05, 4.69) is 4.52 Å². The molecule has 0 saturated heterocycles. The molecule has 0 spiro atoms. The number of hydrogen-bond donors (Lipinski definition) is 6. The van der Waals surface area contributed by atoms with Gasteiger partial charge < -0.3 is 35.0 Å². The van der Waals surface area contributed by atoms with Crippen LogP contribution in [0.15, 0.2) is 0 Å². The standard InChI is InChI=1S/C6H13O9P/c7-1-3(8)5(10)6(11)4(9)2-15-16(12,13)14/h1,3-6,8-11H,2H2,(H2,12,13,14)/t3-,4+,5+,6+/m0/s1/i1+2. The van der Waals surface area contributed by atoms with Gasteiger partial charge in [-0.3, -0.25) is 4.52 Å². The Morgan fingerprint density at radius 3 is 2.00 bits per heavy atom. The van der Waals surface area contributed by atoms with Crippen molar-refractivity contribution in [2.75, 3.05) is 6.61 Å². The van der Waals surface area contributed by atoms with E-state index in [9.17, 15) is 9.36 Å². The molecule has 6 N–H and O–H groups in total. The van der Waals surface area contributed by atoms with Crippen molar-refractivity contribution in [2.24, 2.45) is 0 Å². The minimum absolute atomic E-state index is 0.0650. The first kappa shape index (κ1) is 15.6. The fourth-order valence-electron chi connectivity index (χ4n) is 0.782. The van der Waals surface area contributed by atoms with E-state index in [1.54, 1.807) is 0 Å². The molecule has 0 aliphatic heterocycles. The number of phosphoric ester groups is 1. The molecule has 0 aliphatic rings. The first-order valence-corrected chi connectivity index (χ1v) is 5.59. The Bertz CT molecular complexity index is 263. The summed E-state index contributed by atoms with van der Waals surface area (Å²) in [6.45, 7) is -0.964. The molecule has 0 bridgehead atoms. The molecule has 0 aliphatic carbocycles. The topological polar surface area (TPSA) is 165 Å². The predicted molar refractivity (Wildman–Crippen MR) is 48.1 cm³/mol. The Morgan fingerprint density at radius 1 is 1.12 bits per heavy atom. The number of phosphoric acid groups is 1. The van der Waals surface area contributed by atoms with Crippen molar-refractivity contribution in [2.45, 2.75) is 24.4 Å². The largest absolute Gasteiger partial charge is 0.469 e. The van der Waals surface area contributed by atoms with Gasteiger partial charge in [0.1, 0.15) is 24.4 Å². The number of carbonyl (C=O) groups excluding carboxylic acids is 1. The van der Waals surface area contributed by atoms with Gasteiger partial charge in [0.15, 0.2) is 6.29 Å². The van der Waals surface area contributed by atoms with E-state index in [0.717, 1.165) is 0 Å².